The van der Waals surface area contributed by atoms with Crippen molar-refractivity contribution >= 4 is 0 Å². The van der Waals surface area contributed by atoms with Crippen LogP contribution in [0.5, 0.6) is 0 Å². The van der Waals surface area contributed by atoms with Crippen molar-refractivity contribution in [2.24, 2.45) is 0 Å². The molecule has 0 amide bonds. The maximum Gasteiger partial charge on any atom is 0.386 e. The van der Waals surface area contributed by atoms with Crippen LogP contribution >= 0.6 is 0 Å². The Bertz CT molecular complexity index is 1550. The Labute approximate surface area is 246 Å². The predicted molar refractivity (Wildman–Crippen MR) is 150 cm³/mol. The second-order valence-corrected chi connectivity index (χ2v) is 10.5. The summed E-state index contributed by atoms with van der Waals surface area (Å²) in [5.41, 5.74) is 2.01. The van der Waals surface area contributed by atoms with Crippen molar-refractivity contribution in [2.75, 3.05) is 13.2 Å². The lowest BCUT2D eigenvalue weighted by atomic mass is 9.98. The highest BCUT2D eigenvalue weighted by atomic mass is 19.3. The largest absolute Gasteiger partial charge is 0.386 e. The first kappa shape index (κ1) is 30.8. The minimum Gasteiger partial charge on any atom is -0.346 e. The van der Waals surface area contributed by atoms with Crippen LogP contribution in [0.15, 0.2) is 78.9 Å². The molecule has 0 N–H and O–H groups in total. The number of hydrogen-bond donors (Lipinski definition) is 0. The van der Waals surface area contributed by atoms with Crippen molar-refractivity contribution in [1.82, 2.24) is 0 Å². The maximum atomic E-state index is 14.8. The second kappa shape index (κ2) is 13.3. The summed E-state index contributed by atoms with van der Waals surface area (Å²) in [6.07, 6.45) is -2.37. The molecule has 4 aromatic rings. The molecule has 1 aliphatic heterocycles. The van der Waals surface area contributed by atoms with E-state index in [9.17, 15) is 26.3 Å². The molecule has 226 valence electrons. The summed E-state index contributed by atoms with van der Waals surface area (Å²) in [5, 5.41) is 0. The zero-order valence-electron chi connectivity index (χ0n) is 23.4. The number of rotatable bonds is 10. The van der Waals surface area contributed by atoms with Gasteiger partial charge in [0.1, 0.15) is 17.7 Å². The van der Waals surface area contributed by atoms with Crippen molar-refractivity contribution in [3.05, 3.63) is 119 Å². The lowest BCUT2D eigenvalue weighted by Crippen LogP contribution is -2.38. The van der Waals surface area contributed by atoms with Crippen LogP contribution in [0.1, 0.15) is 49.2 Å². The van der Waals surface area contributed by atoms with Gasteiger partial charge in [-0.3, -0.25) is 0 Å². The van der Waals surface area contributed by atoms with E-state index in [-0.39, 0.29) is 24.3 Å². The molecule has 0 atom stereocenters. The van der Waals surface area contributed by atoms with Crippen molar-refractivity contribution in [3.63, 3.8) is 0 Å². The van der Waals surface area contributed by atoms with Gasteiger partial charge in [-0.05, 0) is 65.4 Å². The number of alkyl halides is 2. The van der Waals surface area contributed by atoms with E-state index in [0.29, 0.717) is 28.7 Å². The number of ether oxygens (including phenoxy) is 3. The molecule has 0 saturated carbocycles. The first-order valence-corrected chi connectivity index (χ1v) is 14.1. The molecular weight excluding hydrogens is 570 g/mol. The zero-order chi connectivity index (χ0) is 30.6. The average Bonchev–Trinajstić information content (AvgIpc) is 2.99. The Morgan fingerprint density at radius 3 is 2.02 bits per heavy atom. The third-order valence-electron chi connectivity index (χ3n) is 7.31. The summed E-state index contributed by atoms with van der Waals surface area (Å²) >= 11 is 0. The van der Waals surface area contributed by atoms with E-state index >= 15 is 0 Å². The fraction of sp³-hybridized carbons (Fsp3) is 0.294. The summed E-state index contributed by atoms with van der Waals surface area (Å²) in [5.74, 6) is -3.69. The van der Waals surface area contributed by atoms with Crippen molar-refractivity contribution < 1.29 is 40.6 Å². The van der Waals surface area contributed by atoms with Crippen molar-refractivity contribution in [2.45, 2.75) is 51.1 Å². The summed E-state index contributed by atoms with van der Waals surface area (Å²) < 4.78 is 102. The minimum atomic E-state index is -3.87. The van der Waals surface area contributed by atoms with Gasteiger partial charge in [0.2, 0.25) is 0 Å². The molecule has 0 bridgehead atoms. The Morgan fingerprint density at radius 2 is 1.37 bits per heavy atom. The van der Waals surface area contributed by atoms with Crippen LogP contribution in [0.25, 0.3) is 22.3 Å². The summed E-state index contributed by atoms with van der Waals surface area (Å²) in [7, 11) is 0. The molecule has 9 heteroatoms. The first-order valence-electron chi connectivity index (χ1n) is 14.1. The van der Waals surface area contributed by atoms with Crippen LogP contribution in [0.3, 0.4) is 0 Å². The lowest BCUT2D eigenvalue weighted by molar-refractivity contribution is -0.321. The smallest absolute Gasteiger partial charge is 0.346 e. The average molecular weight is 601 g/mol. The van der Waals surface area contributed by atoms with Gasteiger partial charge in [-0.25, -0.2) is 17.6 Å². The molecule has 3 nitrogen and oxygen atoms in total. The molecule has 4 aromatic carbocycles. The van der Waals surface area contributed by atoms with Gasteiger partial charge in [-0.1, -0.05) is 68.3 Å². The van der Waals surface area contributed by atoms with Crippen LogP contribution in [0.2, 0.25) is 0 Å². The van der Waals surface area contributed by atoms with Gasteiger partial charge in [0.05, 0.1) is 18.8 Å². The number of benzene rings is 4. The molecular formula is C34H30F6O3. The van der Waals surface area contributed by atoms with Gasteiger partial charge in [0, 0.05) is 11.1 Å². The molecule has 0 aliphatic carbocycles. The van der Waals surface area contributed by atoms with Crippen LogP contribution in [0, 0.1) is 23.3 Å². The summed E-state index contributed by atoms with van der Waals surface area (Å²) in [6.45, 7) is 1.65. The number of halogens is 6. The predicted octanol–water partition coefficient (Wildman–Crippen LogP) is 9.49. The van der Waals surface area contributed by atoms with Gasteiger partial charge in [0.25, 0.3) is 0 Å². The molecule has 1 saturated heterocycles. The monoisotopic (exact) mass is 600 g/mol. The highest BCUT2D eigenvalue weighted by Gasteiger charge is 2.40. The molecule has 43 heavy (non-hydrogen) atoms. The third-order valence-corrected chi connectivity index (χ3v) is 7.31. The topological polar surface area (TPSA) is 27.7 Å². The van der Waals surface area contributed by atoms with Crippen LogP contribution in [0.4, 0.5) is 26.3 Å². The molecule has 1 aliphatic rings. The van der Waals surface area contributed by atoms with Gasteiger partial charge >= 0.3 is 6.11 Å². The fourth-order valence-electron chi connectivity index (χ4n) is 4.97. The Kier molecular flexibility index (Phi) is 9.54. The van der Waals surface area contributed by atoms with E-state index in [1.165, 1.54) is 24.3 Å². The number of unbranched alkanes of at least 4 members (excludes halogenated alkanes) is 2. The first-order chi connectivity index (χ1) is 20.6. The second-order valence-electron chi connectivity index (χ2n) is 10.5. The maximum absolute atomic E-state index is 14.8. The van der Waals surface area contributed by atoms with Gasteiger partial charge < -0.3 is 14.2 Å². The molecule has 0 aromatic heterocycles. The van der Waals surface area contributed by atoms with E-state index in [1.54, 1.807) is 30.3 Å². The number of aryl methyl sites for hydroxylation is 1. The fourth-order valence-corrected chi connectivity index (χ4v) is 4.97. The van der Waals surface area contributed by atoms with Crippen LogP contribution in [-0.2, 0) is 26.7 Å². The van der Waals surface area contributed by atoms with Gasteiger partial charge in [0.15, 0.2) is 17.9 Å². The summed E-state index contributed by atoms with van der Waals surface area (Å²) in [4.78, 5) is 0. The van der Waals surface area contributed by atoms with E-state index < -0.39 is 47.3 Å². The minimum absolute atomic E-state index is 0.132. The van der Waals surface area contributed by atoms with E-state index in [4.69, 9.17) is 14.2 Å². The molecule has 0 spiro atoms. The third kappa shape index (κ3) is 7.29. The molecule has 5 rings (SSSR count). The Hall–Kier alpha value is -3.66. The van der Waals surface area contributed by atoms with Crippen molar-refractivity contribution in [3.8, 4) is 22.3 Å². The Morgan fingerprint density at radius 1 is 0.698 bits per heavy atom. The van der Waals surface area contributed by atoms with Gasteiger partial charge in [-0.2, -0.15) is 8.78 Å². The molecule has 0 radical (unpaired) electrons. The molecule has 1 fully saturated rings. The van der Waals surface area contributed by atoms with E-state index in [0.717, 1.165) is 43.5 Å². The quantitative estimate of drug-likeness (QED) is 0.134. The van der Waals surface area contributed by atoms with Gasteiger partial charge in [-0.15, -0.1) is 0 Å². The van der Waals surface area contributed by atoms with E-state index in [2.05, 4.69) is 0 Å². The van der Waals surface area contributed by atoms with Crippen LogP contribution < -0.4 is 0 Å². The SMILES string of the molecule is CCCCCc1ccc(C(F)(F)OC2COC(c3ccc(-c4ccc(-c5ccc(F)c(F)c5)c(F)c4)cc3)OC2)c(F)c1. The lowest BCUT2D eigenvalue weighted by Gasteiger charge is -2.32. The van der Waals surface area contributed by atoms with Crippen molar-refractivity contribution in [1.29, 1.82) is 0 Å². The zero-order valence-corrected chi connectivity index (χ0v) is 23.4. The molecule has 0 unspecified atom stereocenters. The standard InChI is InChI=1S/C34H30F6O3/c1-2-3-4-5-21-6-14-28(31(37)16-21)34(39,40)43-26-19-41-33(42-20-26)23-9-7-22(8-10-23)24-11-13-27(30(36)17-24)25-12-15-29(35)32(38)18-25/h6-18,26,33H,2-5,19-20H2,1H3. The highest BCUT2D eigenvalue weighted by molar-refractivity contribution is 5.71. The normalized spacial score (nSPS) is 17.3. The Balaban J connectivity index is 1.18. The molecule has 1 heterocycles. The highest BCUT2D eigenvalue weighted by Crippen LogP contribution is 2.36. The number of hydrogen-bond acceptors (Lipinski definition) is 3. The van der Waals surface area contributed by atoms with E-state index in [1.807, 2.05) is 6.92 Å². The van der Waals surface area contributed by atoms with Crippen LogP contribution in [-0.4, -0.2) is 19.3 Å². The summed E-state index contributed by atoms with van der Waals surface area (Å²) in [6, 6.07) is 18.2.